The molecular formula is C15H16F2N2. The van der Waals surface area contributed by atoms with E-state index in [0.717, 1.165) is 16.7 Å². The molecule has 1 heterocycles. The van der Waals surface area contributed by atoms with Crippen molar-refractivity contribution in [3.63, 3.8) is 0 Å². The minimum Gasteiger partial charge on any atom is -0.313 e. The molecule has 0 aliphatic carbocycles. The highest BCUT2D eigenvalue weighted by Crippen LogP contribution is 2.21. The van der Waals surface area contributed by atoms with Crippen molar-refractivity contribution < 1.29 is 8.78 Å². The van der Waals surface area contributed by atoms with Crippen molar-refractivity contribution in [2.45, 2.75) is 19.4 Å². The van der Waals surface area contributed by atoms with Gasteiger partial charge in [-0.3, -0.25) is 4.98 Å². The highest BCUT2D eigenvalue weighted by Gasteiger charge is 2.13. The summed E-state index contributed by atoms with van der Waals surface area (Å²) in [6.45, 7) is 1.94. The van der Waals surface area contributed by atoms with Crippen molar-refractivity contribution in [1.29, 1.82) is 0 Å². The summed E-state index contributed by atoms with van der Waals surface area (Å²) in [6.07, 6.45) is 3.38. The Kier molecular flexibility index (Phi) is 4.22. The number of hydrogen-bond donors (Lipinski definition) is 1. The van der Waals surface area contributed by atoms with Gasteiger partial charge in [-0.05, 0) is 55.3 Å². The molecule has 0 saturated heterocycles. The van der Waals surface area contributed by atoms with Gasteiger partial charge in [-0.15, -0.1) is 0 Å². The van der Waals surface area contributed by atoms with Gasteiger partial charge in [0.05, 0.1) is 6.20 Å². The lowest BCUT2D eigenvalue weighted by atomic mass is 9.97. The van der Waals surface area contributed by atoms with E-state index in [9.17, 15) is 8.78 Å². The van der Waals surface area contributed by atoms with Crippen LogP contribution in [0, 0.1) is 18.6 Å². The largest absolute Gasteiger partial charge is 0.313 e. The summed E-state index contributed by atoms with van der Waals surface area (Å²) >= 11 is 0. The second-order valence-electron chi connectivity index (χ2n) is 4.55. The maximum atomic E-state index is 13.3. The van der Waals surface area contributed by atoms with Crippen molar-refractivity contribution >= 4 is 0 Å². The van der Waals surface area contributed by atoms with E-state index in [4.69, 9.17) is 0 Å². The van der Waals surface area contributed by atoms with Crippen molar-refractivity contribution in [3.8, 4) is 0 Å². The third-order valence-electron chi connectivity index (χ3n) is 3.21. The summed E-state index contributed by atoms with van der Waals surface area (Å²) in [6, 6.07) is 6.07. The van der Waals surface area contributed by atoms with Gasteiger partial charge in [0.15, 0.2) is 0 Å². The molecule has 0 bridgehead atoms. The molecular weight excluding hydrogens is 246 g/mol. The number of aryl methyl sites for hydroxylation is 1. The zero-order chi connectivity index (χ0) is 13.8. The van der Waals surface area contributed by atoms with Crippen LogP contribution in [-0.2, 0) is 6.42 Å². The third-order valence-corrected chi connectivity index (χ3v) is 3.21. The minimum atomic E-state index is -0.367. The van der Waals surface area contributed by atoms with Crippen LogP contribution in [0.2, 0.25) is 0 Å². The molecule has 100 valence electrons. The molecule has 4 heteroatoms. The standard InChI is InChI=1S/C15H16F2N2/c1-10-3-4-13(16)5-11(10)7-15(18-2)12-6-14(17)9-19-8-12/h3-6,8-9,15,18H,7H2,1-2H3. The highest BCUT2D eigenvalue weighted by molar-refractivity contribution is 5.29. The van der Waals surface area contributed by atoms with Crippen molar-refractivity contribution in [3.05, 3.63) is 65.0 Å². The molecule has 0 saturated carbocycles. The normalized spacial score (nSPS) is 12.4. The molecule has 2 rings (SSSR count). The average Bonchev–Trinajstić information content (AvgIpc) is 2.39. The molecule has 1 unspecified atom stereocenters. The first-order chi connectivity index (χ1) is 9.10. The van der Waals surface area contributed by atoms with Crippen LogP contribution in [0.1, 0.15) is 22.7 Å². The average molecular weight is 262 g/mol. The number of rotatable bonds is 4. The van der Waals surface area contributed by atoms with Crippen LogP contribution >= 0.6 is 0 Å². The Morgan fingerprint density at radius 2 is 1.95 bits per heavy atom. The first-order valence-corrected chi connectivity index (χ1v) is 6.13. The van der Waals surface area contributed by atoms with Gasteiger partial charge in [-0.25, -0.2) is 8.78 Å². The van der Waals surface area contributed by atoms with Gasteiger partial charge < -0.3 is 5.32 Å². The van der Waals surface area contributed by atoms with Gasteiger partial charge in [0, 0.05) is 12.2 Å². The molecule has 0 aliphatic rings. The molecule has 1 aromatic carbocycles. The molecule has 2 nitrogen and oxygen atoms in total. The number of aromatic nitrogens is 1. The van der Waals surface area contributed by atoms with Crippen LogP contribution in [0.5, 0.6) is 0 Å². The molecule has 1 atom stereocenters. The first kappa shape index (κ1) is 13.6. The van der Waals surface area contributed by atoms with Gasteiger partial charge in [0.2, 0.25) is 0 Å². The lowest BCUT2D eigenvalue weighted by Crippen LogP contribution is -2.19. The van der Waals surface area contributed by atoms with Crippen LogP contribution in [0.3, 0.4) is 0 Å². The fourth-order valence-electron chi connectivity index (χ4n) is 2.09. The van der Waals surface area contributed by atoms with Crippen LogP contribution in [0.15, 0.2) is 36.7 Å². The van der Waals surface area contributed by atoms with Gasteiger partial charge in [0.1, 0.15) is 11.6 Å². The zero-order valence-corrected chi connectivity index (χ0v) is 11.0. The molecule has 2 aromatic rings. The SMILES string of the molecule is CNC(Cc1cc(F)ccc1C)c1cncc(F)c1. The lowest BCUT2D eigenvalue weighted by Gasteiger charge is -2.17. The van der Waals surface area contributed by atoms with Crippen LogP contribution < -0.4 is 5.32 Å². The van der Waals surface area contributed by atoms with E-state index >= 15 is 0 Å². The van der Waals surface area contributed by atoms with Crippen molar-refractivity contribution in [2.75, 3.05) is 7.05 Å². The number of halogens is 2. The minimum absolute atomic E-state index is 0.0938. The number of nitrogens with one attached hydrogen (secondary N) is 1. The summed E-state index contributed by atoms with van der Waals surface area (Å²) in [5, 5.41) is 3.11. The Balaban J connectivity index is 2.26. The van der Waals surface area contributed by atoms with E-state index in [-0.39, 0.29) is 17.7 Å². The second-order valence-corrected chi connectivity index (χ2v) is 4.55. The summed E-state index contributed by atoms with van der Waals surface area (Å²) in [7, 11) is 1.80. The van der Waals surface area contributed by atoms with E-state index in [2.05, 4.69) is 10.3 Å². The molecule has 0 radical (unpaired) electrons. The van der Waals surface area contributed by atoms with Crippen molar-refractivity contribution in [2.24, 2.45) is 0 Å². The lowest BCUT2D eigenvalue weighted by molar-refractivity contribution is 0.566. The van der Waals surface area contributed by atoms with E-state index < -0.39 is 0 Å². The van der Waals surface area contributed by atoms with E-state index in [1.54, 1.807) is 19.3 Å². The predicted octanol–water partition coefficient (Wildman–Crippen LogP) is 3.17. The number of likely N-dealkylation sites (N-methyl/N-ethyl adjacent to an activating group) is 1. The molecule has 1 aromatic heterocycles. The predicted molar refractivity (Wildman–Crippen MR) is 70.8 cm³/mol. The number of pyridine rings is 1. The third kappa shape index (κ3) is 3.35. The summed E-state index contributed by atoms with van der Waals surface area (Å²) in [5.41, 5.74) is 2.68. The Labute approximate surface area is 111 Å². The van der Waals surface area contributed by atoms with Gasteiger partial charge in [-0.1, -0.05) is 6.07 Å². The zero-order valence-electron chi connectivity index (χ0n) is 11.0. The monoisotopic (exact) mass is 262 g/mol. The summed E-state index contributed by atoms with van der Waals surface area (Å²) < 4.78 is 26.5. The number of nitrogens with zero attached hydrogens (tertiary/aromatic N) is 1. The Morgan fingerprint density at radius 1 is 1.16 bits per heavy atom. The van der Waals surface area contributed by atoms with Gasteiger partial charge >= 0.3 is 0 Å². The van der Waals surface area contributed by atoms with Crippen LogP contribution in [0.4, 0.5) is 8.78 Å². The van der Waals surface area contributed by atoms with E-state index in [1.807, 2.05) is 6.92 Å². The maximum absolute atomic E-state index is 13.3. The van der Waals surface area contributed by atoms with Crippen LogP contribution in [0.25, 0.3) is 0 Å². The molecule has 0 amide bonds. The van der Waals surface area contributed by atoms with Crippen molar-refractivity contribution in [1.82, 2.24) is 10.3 Å². The Hall–Kier alpha value is -1.81. The molecule has 0 aliphatic heterocycles. The van der Waals surface area contributed by atoms with Gasteiger partial charge in [0.25, 0.3) is 0 Å². The Morgan fingerprint density at radius 3 is 2.63 bits per heavy atom. The summed E-state index contributed by atoms with van der Waals surface area (Å²) in [4.78, 5) is 3.85. The molecule has 19 heavy (non-hydrogen) atoms. The molecule has 0 fully saturated rings. The van der Waals surface area contributed by atoms with Gasteiger partial charge in [-0.2, -0.15) is 0 Å². The second kappa shape index (κ2) is 5.89. The fourth-order valence-corrected chi connectivity index (χ4v) is 2.09. The number of hydrogen-bond acceptors (Lipinski definition) is 2. The quantitative estimate of drug-likeness (QED) is 0.915. The smallest absolute Gasteiger partial charge is 0.141 e. The van der Waals surface area contributed by atoms with E-state index in [0.29, 0.717) is 6.42 Å². The Bertz CT molecular complexity index is 570. The molecule has 0 spiro atoms. The first-order valence-electron chi connectivity index (χ1n) is 6.13. The topological polar surface area (TPSA) is 24.9 Å². The fraction of sp³-hybridized carbons (Fsp3) is 0.267. The van der Waals surface area contributed by atoms with E-state index in [1.165, 1.54) is 24.4 Å². The number of benzene rings is 1. The highest BCUT2D eigenvalue weighted by atomic mass is 19.1. The summed E-state index contributed by atoms with van der Waals surface area (Å²) in [5.74, 6) is -0.624. The molecule has 1 N–H and O–H groups in total. The van der Waals surface area contributed by atoms with Crippen LogP contribution in [-0.4, -0.2) is 12.0 Å². The maximum Gasteiger partial charge on any atom is 0.141 e.